The first-order valence-corrected chi connectivity index (χ1v) is 7.80. The van der Waals surface area contributed by atoms with Crippen LogP contribution in [0.1, 0.15) is 35.7 Å². The lowest BCUT2D eigenvalue weighted by atomic mass is 10.0. The van der Waals surface area contributed by atoms with Crippen molar-refractivity contribution >= 4 is 11.3 Å². The molecule has 2 rings (SSSR count). The van der Waals surface area contributed by atoms with Crippen LogP contribution in [-0.2, 0) is 15.9 Å². The highest BCUT2D eigenvalue weighted by molar-refractivity contribution is 7.11. The third-order valence-corrected chi connectivity index (χ3v) is 4.53. The maximum atomic E-state index is 5.72. The van der Waals surface area contributed by atoms with Gasteiger partial charge >= 0.3 is 0 Å². The molecule has 0 saturated carbocycles. The number of rotatable bonds is 8. The topological polar surface area (TPSA) is 56.3 Å². The van der Waals surface area contributed by atoms with Crippen molar-refractivity contribution in [2.45, 2.75) is 38.2 Å². The molecule has 1 fully saturated rings. The normalized spacial score (nSPS) is 23.1. The van der Waals surface area contributed by atoms with Gasteiger partial charge in [0.1, 0.15) is 10.0 Å². The van der Waals surface area contributed by atoms with Crippen LogP contribution in [0.2, 0.25) is 0 Å². The second kappa shape index (κ2) is 7.89. The van der Waals surface area contributed by atoms with E-state index in [4.69, 9.17) is 9.47 Å². The molecule has 0 aliphatic carbocycles. The lowest BCUT2D eigenvalue weighted by Crippen LogP contribution is -2.21. The molecule has 19 heavy (non-hydrogen) atoms. The van der Waals surface area contributed by atoms with E-state index in [9.17, 15) is 0 Å². The van der Waals surface area contributed by atoms with Crippen molar-refractivity contribution in [1.82, 2.24) is 15.5 Å². The fourth-order valence-corrected chi connectivity index (χ4v) is 3.38. The van der Waals surface area contributed by atoms with E-state index < -0.39 is 0 Å². The molecule has 2 heterocycles. The van der Waals surface area contributed by atoms with Gasteiger partial charge in [-0.05, 0) is 12.8 Å². The number of nitrogens with one attached hydrogen (secondary N) is 1. The molecular formula is C13H23N3O2S. The van der Waals surface area contributed by atoms with Gasteiger partial charge in [-0.2, -0.15) is 0 Å². The molecule has 6 heteroatoms. The SMILES string of the molecule is CCC1OCCC1c1nnc(CCNCCOC)s1. The van der Waals surface area contributed by atoms with Crippen molar-refractivity contribution in [3.8, 4) is 0 Å². The molecule has 1 N–H and O–H groups in total. The largest absolute Gasteiger partial charge is 0.383 e. The van der Waals surface area contributed by atoms with Crippen molar-refractivity contribution in [3.05, 3.63) is 10.0 Å². The van der Waals surface area contributed by atoms with Crippen LogP contribution in [0.25, 0.3) is 0 Å². The fraction of sp³-hybridized carbons (Fsp3) is 0.846. The van der Waals surface area contributed by atoms with Crippen LogP contribution in [0.4, 0.5) is 0 Å². The molecule has 5 nitrogen and oxygen atoms in total. The quantitative estimate of drug-likeness (QED) is 0.735. The highest BCUT2D eigenvalue weighted by atomic mass is 32.1. The van der Waals surface area contributed by atoms with Gasteiger partial charge < -0.3 is 14.8 Å². The van der Waals surface area contributed by atoms with Crippen LogP contribution in [-0.4, -0.2) is 49.7 Å². The number of aromatic nitrogens is 2. The summed E-state index contributed by atoms with van der Waals surface area (Å²) in [5, 5.41) is 14.2. The second-order valence-corrected chi connectivity index (χ2v) is 5.83. The zero-order valence-electron chi connectivity index (χ0n) is 11.7. The summed E-state index contributed by atoms with van der Waals surface area (Å²) < 4.78 is 10.7. The molecule has 1 aromatic heterocycles. The molecule has 1 aliphatic heterocycles. The number of hydrogen-bond donors (Lipinski definition) is 1. The molecule has 1 aliphatic rings. The second-order valence-electron chi connectivity index (χ2n) is 4.74. The highest BCUT2D eigenvalue weighted by Crippen LogP contribution is 2.34. The maximum Gasteiger partial charge on any atom is 0.123 e. The molecule has 0 aromatic carbocycles. The van der Waals surface area contributed by atoms with Crippen molar-refractivity contribution in [2.75, 3.05) is 33.4 Å². The van der Waals surface area contributed by atoms with Gasteiger partial charge in [0.25, 0.3) is 0 Å². The first kappa shape index (κ1) is 14.8. The van der Waals surface area contributed by atoms with Crippen LogP contribution >= 0.6 is 11.3 Å². The Bertz CT molecular complexity index is 373. The standard InChI is InChI=1S/C13H23N3O2S/c1-3-11-10(5-8-18-11)13-16-15-12(19-13)4-6-14-7-9-17-2/h10-11,14H,3-9H2,1-2H3. The Morgan fingerprint density at radius 3 is 3.11 bits per heavy atom. The van der Waals surface area contributed by atoms with Crippen molar-refractivity contribution in [1.29, 1.82) is 0 Å². The zero-order chi connectivity index (χ0) is 13.5. The maximum absolute atomic E-state index is 5.72. The van der Waals surface area contributed by atoms with E-state index in [-0.39, 0.29) is 0 Å². The Morgan fingerprint density at radius 1 is 1.42 bits per heavy atom. The molecule has 0 radical (unpaired) electrons. The zero-order valence-corrected chi connectivity index (χ0v) is 12.5. The van der Waals surface area contributed by atoms with E-state index in [0.29, 0.717) is 12.0 Å². The monoisotopic (exact) mass is 285 g/mol. The first-order valence-electron chi connectivity index (χ1n) is 6.98. The average Bonchev–Trinajstić information content (AvgIpc) is 3.06. The Morgan fingerprint density at radius 2 is 2.32 bits per heavy atom. The summed E-state index contributed by atoms with van der Waals surface area (Å²) in [4.78, 5) is 0. The Kier molecular flexibility index (Phi) is 6.16. The van der Waals surface area contributed by atoms with Crippen LogP contribution < -0.4 is 5.32 Å². The average molecular weight is 285 g/mol. The van der Waals surface area contributed by atoms with Gasteiger partial charge in [-0.3, -0.25) is 0 Å². The van der Waals surface area contributed by atoms with Gasteiger partial charge in [-0.15, -0.1) is 21.5 Å². The van der Waals surface area contributed by atoms with E-state index in [1.54, 1.807) is 18.4 Å². The third-order valence-electron chi connectivity index (χ3n) is 3.41. The third kappa shape index (κ3) is 4.21. The smallest absolute Gasteiger partial charge is 0.123 e. The van der Waals surface area contributed by atoms with Crippen LogP contribution in [0.5, 0.6) is 0 Å². The molecule has 2 atom stereocenters. The van der Waals surface area contributed by atoms with Crippen LogP contribution in [0.3, 0.4) is 0 Å². The Labute approximate surface area is 118 Å². The molecule has 2 unspecified atom stereocenters. The van der Waals surface area contributed by atoms with E-state index >= 15 is 0 Å². The van der Waals surface area contributed by atoms with Crippen molar-refractivity contribution in [3.63, 3.8) is 0 Å². The fourth-order valence-electron chi connectivity index (χ4n) is 2.35. The van der Waals surface area contributed by atoms with Gasteiger partial charge in [0.05, 0.1) is 12.7 Å². The van der Waals surface area contributed by atoms with E-state index in [0.717, 1.165) is 55.6 Å². The predicted molar refractivity (Wildman–Crippen MR) is 75.7 cm³/mol. The minimum Gasteiger partial charge on any atom is -0.383 e. The van der Waals surface area contributed by atoms with Crippen LogP contribution in [0, 0.1) is 0 Å². The van der Waals surface area contributed by atoms with Crippen molar-refractivity contribution in [2.24, 2.45) is 0 Å². The summed E-state index contributed by atoms with van der Waals surface area (Å²) >= 11 is 1.74. The molecular weight excluding hydrogens is 262 g/mol. The summed E-state index contributed by atoms with van der Waals surface area (Å²) in [5.74, 6) is 0.456. The minimum absolute atomic E-state index is 0.334. The summed E-state index contributed by atoms with van der Waals surface area (Å²) in [6, 6.07) is 0. The Hall–Kier alpha value is -0.560. The van der Waals surface area contributed by atoms with Gasteiger partial charge in [0.15, 0.2) is 0 Å². The first-order chi connectivity index (χ1) is 9.35. The molecule has 0 spiro atoms. The number of ether oxygens (including phenoxy) is 2. The van der Waals surface area contributed by atoms with E-state index in [1.807, 2.05) is 0 Å². The molecule has 1 aromatic rings. The molecule has 0 bridgehead atoms. The molecule has 108 valence electrons. The lowest BCUT2D eigenvalue weighted by molar-refractivity contribution is 0.100. The number of hydrogen-bond acceptors (Lipinski definition) is 6. The lowest BCUT2D eigenvalue weighted by Gasteiger charge is -2.12. The number of methoxy groups -OCH3 is 1. The van der Waals surface area contributed by atoms with Gasteiger partial charge in [-0.25, -0.2) is 0 Å². The van der Waals surface area contributed by atoms with Gasteiger partial charge in [0.2, 0.25) is 0 Å². The van der Waals surface area contributed by atoms with Crippen molar-refractivity contribution < 1.29 is 9.47 Å². The van der Waals surface area contributed by atoms with Gasteiger partial charge in [-0.1, -0.05) is 6.92 Å². The highest BCUT2D eigenvalue weighted by Gasteiger charge is 2.30. The Balaban J connectivity index is 1.78. The minimum atomic E-state index is 0.334. The summed E-state index contributed by atoms with van der Waals surface area (Å²) in [6.45, 7) is 5.59. The van der Waals surface area contributed by atoms with E-state index in [2.05, 4.69) is 22.4 Å². The predicted octanol–water partition coefficient (Wildman–Crippen LogP) is 1.60. The summed E-state index contributed by atoms with van der Waals surface area (Å²) in [6.07, 6.45) is 3.41. The molecule has 1 saturated heterocycles. The molecule has 0 amide bonds. The summed E-state index contributed by atoms with van der Waals surface area (Å²) in [7, 11) is 1.71. The number of nitrogens with zero attached hydrogens (tertiary/aromatic N) is 2. The van der Waals surface area contributed by atoms with E-state index in [1.165, 1.54) is 0 Å². The van der Waals surface area contributed by atoms with Gasteiger partial charge in [0, 0.05) is 39.1 Å². The summed E-state index contributed by atoms with van der Waals surface area (Å²) in [5.41, 5.74) is 0. The van der Waals surface area contributed by atoms with Crippen LogP contribution in [0.15, 0.2) is 0 Å².